The number of benzene rings is 2. The minimum absolute atomic E-state index is 0.187. The molecular formula is C25H23NO4. The Hall–Kier alpha value is -3.60. The van der Waals surface area contributed by atoms with Crippen molar-refractivity contribution in [1.82, 2.24) is 4.98 Å². The summed E-state index contributed by atoms with van der Waals surface area (Å²) in [5.41, 5.74) is 1.94. The first-order valence-corrected chi connectivity index (χ1v) is 9.73. The molecule has 2 aromatic carbocycles. The molecule has 0 bridgehead atoms. The normalized spacial score (nSPS) is 11.6. The van der Waals surface area contributed by atoms with Gasteiger partial charge in [-0.2, -0.15) is 0 Å². The SMILES string of the molecule is COc1c(-c2cc3ccccc3c(=O)o2)cc(-c2ccc[nH]c2=O)cc1C(C)(C)C. The molecule has 0 fully saturated rings. The van der Waals surface area contributed by atoms with Gasteiger partial charge < -0.3 is 14.1 Å². The molecule has 4 rings (SSSR count). The second-order valence-corrected chi connectivity index (χ2v) is 8.25. The van der Waals surface area contributed by atoms with Crippen LogP contribution in [-0.2, 0) is 5.41 Å². The summed E-state index contributed by atoms with van der Waals surface area (Å²) >= 11 is 0. The molecule has 2 aromatic heterocycles. The summed E-state index contributed by atoms with van der Waals surface area (Å²) in [7, 11) is 1.60. The number of H-pyrrole nitrogens is 1. The first-order chi connectivity index (χ1) is 14.3. The van der Waals surface area contributed by atoms with Gasteiger partial charge in [0.25, 0.3) is 5.56 Å². The van der Waals surface area contributed by atoms with Gasteiger partial charge >= 0.3 is 5.63 Å². The number of ether oxygens (including phenoxy) is 1. The number of pyridine rings is 1. The van der Waals surface area contributed by atoms with Crippen LogP contribution >= 0.6 is 0 Å². The number of fused-ring (bicyclic) bond motifs is 1. The van der Waals surface area contributed by atoms with E-state index in [9.17, 15) is 9.59 Å². The van der Waals surface area contributed by atoms with Crippen molar-refractivity contribution in [2.45, 2.75) is 26.2 Å². The van der Waals surface area contributed by atoms with Gasteiger partial charge in [0.05, 0.1) is 18.1 Å². The van der Waals surface area contributed by atoms with Crippen molar-refractivity contribution in [3.8, 4) is 28.2 Å². The molecule has 0 radical (unpaired) electrons. The molecule has 0 unspecified atom stereocenters. The summed E-state index contributed by atoms with van der Waals surface area (Å²) in [6.45, 7) is 6.22. The summed E-state index contributed by atoms with van der Waals surface area (Å²) in [5.74, 6) is 1.02. The van der Waals surface area contributed by atoms with Crippen molar-refractivity contribution in [2.24, 2.45) is 0 Å². The highest BCUT2D eigenvalue weighted by Gasteiger charge is 2.25. The van der Waals surface area contributed by atoms with Gasteiger partial charge in [-0.1, -0.05) is 39.0 Å². The van der Waals surface area contributed by atoms with Gasteiger partial charge in [0, 0.05) is 17.3 Å². The second-order valence-electron chi connectivity index (χ2n) is 8.25. The third-order valence-electron chi connectivity index (χ3n) is 5.17. The maximum atomic E-state index is 12.6. The molecule has 5 nitrogen and oxygen atoms in total. The summed E-state index contributed by atoms with van der Waals surface area (Å²) in [6.07, 6.45) is 1.60. The number of nitrogens with one attached hydrogen (secondary N) is 1. The van der Waals surface area contributed by atoms with E-state index in [0.29, 0.717) is 28.0 Å². The van der Waals surface area contributed by atoms with Crippen LogP contribution in [0.3, 0.4) is 0 Å². The lowest BCUT2D eigenvalue weighted by molar-refractivity contribution is 0.397. The Morgan fingerprint density at radius 2 is 1.70 bits per heavy atom. The van der Waals surface area contributed by atoms with Crippen LogP contribution < -0.4 is 15.9 Å². The molecule has 0 amide bonds. The Morgan fingerprint density at radius 3 is 2.40 bits per heavy atom. The molecular weight excluding hydrogens is 378 g/mol. The molecule has 0 saturated carbocycles. The van der Waals surface area contributed by atoms with Crippen LogP contribution in [0.25, 0.3) is 33.2 Å². The fourth-order valence-corrected chi connectivity index (χ4v) is 3.66. The molecule has 30 heavy (non-hydrogen) atoms. The van der Waals surface area contributed by atoms with Crippen molar-refractivity contribution in [3.63, 3.8) is 0 Å². The lowest BCUT2D eigenvalue weighted by Crippen LogP contribution is -2.15. The van der Waals surface area contributed by atoms with Gasteiger partial charge in [-0.3, -0.25) is 4.79 Å². The summed E-state index contributed by atoms with van der Waals surface area (Å²) < 4.78 is 11.5. The molecule has 5 heteroatoms. The first-order valence-electron chi connectivity index (χ1n) is 9.73. The third kappa shape index (κ3) is 3.43. The number of rotatable bonds is 3. The standard InChI is InChI=1S/C25H23NO4/c1-25(2,3)20-13-16(17-10-7-11-26-23(17)27)12-19(22(20)29-4)21-14-15-8-5-6-9-18(15)24(28)30-21/h5-14H,1-4H3,(H,26,27). The van der Waals surface area contributed by atoms with E-state index in [4.69, 9.17) is 9.15 Å². The molecule has 4 aromatic rings. The van der Waals surface area contributed by atoms with Crippen molar-refractivity contribution in [3.05, 3.63) is 87.1 Å². The van der Waals surface area contributed by atoms with Crippen molar-refractivity contribution >= 4 is 10.8 Å². The van der Waals surface area contributed by atoms with Crippen LogP contribution in [0.4, 0.5) is 0 Å². The highest BCUT2D eigenvalue weighted by molar-refractivity contribution is 5.86. The first kappa shape index (κ1) is 19.7. The number of hydrogen-bond acceptors (Lipinski definition) is 4. The van der Waals surface area contributed by atoms with E-state index in [1.165, 1.54) is 0 Å². The average molecular weight is 401 g/mol. The van der Waals surface area contributed by atoms with Crippen molar-refractivity contribution in [1.29, 1.82) is 0 Å². The fraction of sp³-hybridized carbons (Fsp3) is 0.200. The molecule has 0 saturated heterocycles. The monoisotopic (exact) mass is 401 g/mol. The van der Waals surface area contributed by atoms with Gasteiger partial charge in [0.2, 0.25) is 0 Å². The van der Waals surface area contributed by atoms with Gasteiger partial charge in [0.1, 0.15) is 11.5 Å². The van der Waals surface area contributed by atoms with E-state index in [1.807, 2.05) is 30.3 Å². The molecule has 0 aliphatic rings. The minimum Gasteiger partial charge on any atom is -0.496 e. The highest BCUT2D eigenvalue weighted by atomic mass is 16.5. The van der Waals surface area contributed by atoms with Crippen LogP contribution in [0, 0.1) is 0 Å². The number of aromatic amines is 1. The van der Waals surface area contributed by atoms with E-state index in [1.54, 1.807) is 37.6 Å². The predicted octanol–water partition coefficient (Wildman–Crippen LogP) is 5.12. The molecule has 2 heterocycles. The Balaban J connectivity index is 2.09. The van der Waals surface area contributed by atoms with Gasteiger partial charge in [-0.25, -0.2) is 4.79 Å². The minimum atomic E-state index is -0.412. The maximum Gasteiger partial charge on any atom is 0.344 e. The second kappa shape index (κ2) is 7.34. The molecule has 0 atom stereocenters. The van der Waals surface area contributed by atoms with E-state index >= 15 is 0 Å². The van der Waals surface area contributed by atoms with E-state index in [2.05, 4.69) is 25.8 Å². The maximum absolute atomic E-state index is 12.6. The van der Waals surface area contributed by atoms with Crippen LogP contribution in [0.2, 0.25) is 0 Å². The van der Waals surface area contributed by atoms with Crippen molar-refractivity contribution < 1.29 is 9.15 Å². The van der Waals surface area contributed by atoms with E-state index < -0.39 is 5.63 Å². The molecule has 0 aliphatic carbocycles. The summed E-state index contributed by atoms with van der Waals surface area (Å²) in [6, 6.07) is 16.5. The smallest absolute Gasteiger partial charge is 0.344 e. The largest absolute Gasteiger partial charge is 0.496 e. The van der Waals surface area contributed by atoms with Crippen LogP contribution in [-0.4, -0.2) is 12.1 Å². The molecule has 152 valence electrons. The van der Waals surface area contributed by atoms with Gasteiger partial charge in [-0.15, -0.1) is 0 Å². The average Bonchev–Trinajstić information content (AvgIpc) is 2.72. The van der Waals surface area contributed by atoms with Gasteiger partial charge in [0.15, 0.2) is 0 Å². The van der Waals surface area contributed by atoms with Crippen LogP contribution in [0.5, 0.6) is 5.75 Å². The summed E-state index contributed by atoms with van der Waals surface area (Å²) in [5, 5.41) is 1.30. The Labute approximate surface area is 174 Å². The van der Waals surface area contributed by atoms with E-state index in [0.717, 1.165) is 16.5 Å². The zero-order valence-electron chi connectivity index (χ0n) is 17.4. The Kier molecular flexibility index (Phi) is 4.82. The van der Waals surface area contributed by atoms with E-state index in [-0.39, 0.29) is 11.0 Å². The third-order valence-corrected chi connectivity index (χ3v) is 5.17. The lowest BCUT2D eigenvalue weighted by atomic mass is 9.82. The molecule has 0 spiro atoms. The zero-order valence-corrected chi connectivity index (χ0v) is 17.4. The van der Waals surface area contributed by atoms with Crippen LogP contribution in [0.15, 0.2) is 74.8 Å². The summed E-state index contributed by atoms with van der Waals surface area (Å²) in [4.78, 5) is 27.8. The fourth-order valence-electron chi connectivity index (χ4n) is 3.66. The topological polar surface area (TPSA) is 72.3 Å². The van der Waals surface area contributed by atoms with Crippen molar-refractivity contribution in [2.75, 3.05) is 7.11 Å². The quantitative estimate of drug-likeness (QED) is 0.517. The number of methoxy groups -OCH3 is 1. The Morgan fingerprint density at radius 1 is 0.933 bits per heavy atom. The highest BCUT2D eigenvalue weighted by Crippen LogP contribution is 2.42. The van der Waals surface area contributed by atoms with Gasteiger partial charge in [-0.05, 0) is 52.8 Å². The molecule has 0 aliphatic heterocycles. The molecule has 1 N–H and O–H groups in total. The Bertz CT molecular complexity index is 1360. The van der Waals surface area contributed by atoms with Crippen LogP contribution in [0.1, 0.15) is 26.3 Å². The zero-order chi connectivity index (χ0) is 21.5. The predicted molar refractivity (Wildman–Crippen MR) is 119 cm³/mol. The number of aromatic nitrogens is 1. The lowest BCUT2D eigenvalue weighted by Gasteiger charge is -2.25. The number of hydrogen-bond donors (Lipinski definition) is 1.